The predicted octanol–water partition coefficient (Wildman–Crippen LogP) is 3.96. The van der Waals surface area contributed by atoms with Crippen LogP contribution in [0.3, 0.4) is 0 Å². The van der Waals surface area contributed by atoms with Crippen LogP contribution in [0.4, 0.5) is 0 Å². The van der Waals surface area contributed by atoms with Gasteiger partial charge < -0.3 is 4.74 Å². The van der Waals surface area contributed by atoms with Crippen LogP contribution in [-0.2, 0) is 4.74 Å². The van der Waals surface area contributed by atoms with E-state index < -0.39 is 0 Å². The van der Waals surface area contributed by atoms with E-state index >= 15 is 0 Å². The normalized spacial score (nSPS) is 30.6. The molecule has 0 radical (unpaired) electrons. The Morgan fingerprint density at radius 2 is 2.31 bits per heavy atom. The summed E-state index contributed by atoms with van der Waals surface area (Å²) in [5, 5.41) is 0. The van der Waals surface area contributed by atoms with E-state index in [0.29, 0.717) is 12.0 Å². The van der Waals surface area contributed by atoms with Crippen molar-refractivity contribution < 1.29 is 4.74 Å². The lowest BCUT2D eigenvalue weighted by Gasteiger charge is -2.56. The Morgan fingerprint density at radius 1 is 1.56 bits per heavy atom. The number of fused-ring (bicyclic) bond motifs is 1. The quantitative estimate of drug-likeness (QED) is 0.503. The molecular weight excluding hydrogens is 196 g/mol. The molecule has 0 aliphatic heterocycles. The molecule has 1 heteroatoms. The van der Waals surface area contributed by atoms with E-state index in [4.69, 9.17) is 4.74 Å². The van der Waals surface area contributed by atoms with Gasteiger partial charge in [-0.1, -0.05) is 37.6 Å². The largest absolute Gasteiger partial charge is 0.377 e. The van der Waals surface area contributed by atoms with E-state index in [1.807, 2.05) is 6.92 Å². The Kier molecular flexibility index (Phi) is 3.25. The lowest BCUT2D eigenvalue weighted by atomic mass is 9.48. The molecule has 2 bridgehead atoms. The van der Waals surface area contributed by atoms with Crippen molar-refractivity contribution in [3.05, 3.63) is 23.8 Å². The van der Waals surface area contributed by atoms with Gasteiger partial charge in [-0.2, -0.15) is 0 Å². The standard InChI is InChI=1S/C15H24O/c1-11(2)10-16-8-7-12-5-6-13-9-14(12)15(13,3)4/h5,13-14H,1,6-10H2,2-4H3/t13-,14-/m0/s1. The molecule has 3 rings (SSSR count). The van der Waals surface area contributed by atoms with Crippen LogP contribution in [0.2, 0.25) is 0 Å². The Bertz CT molecular complexity index is 311. The Labute approximate surface area is 99.6 Å². The number of ether oxygens (including phenoxy) is 1. The third kappa shape index (κ3) is 2.10. The molecule has 3 aliphatic rings. The highest BCUT2D eigenvalue weighted by atomic mass is 16.5. The second-order valence-electron chi connectivity index (χ2n) is 6.08. The van der Waals surface area contributed by atoms with E-state index in [9.17, 15) is 0 Å². The molecule has 0 amide bonds. The van der Waals surface area contributed by atoms with Gasteiger partial charge in [0.25, 0.3) is 0 Å². The molecule has 1 fully saturated rings. The van der Waals surface area contributed by atoms with Crippen molar-refractivity contribution >= 4 is 0 Å². The smallest absolute Gasteiger partial charge is 0.0671 e. The minimum Gasteiger partial charge on any atom is -0.377 e. The zero-order chi connectivity index (χ0) is 11.8. The summed E-state index contributed by atoms with van der Waals surface area (Å²) in [6.07, 6.45) is 6.29. The van der Waals surface area contributed by atoms with E-state index in [-0.39, 0.29) is 0 Å². The van der Waals surface area contributed by atoms with Gasteiger partial charge in [0, 0.05) is 0 Å². The summed E-state index contributed by atoms with van der Waals surface area (Å²) in [5.74, 6) is 1.78. The minimum atomic E-state index is 0.554. The lowest BCUT2D eigenvalue weighted by Crippen LogP contribution is -2.48. The topological polar surface area (TPSA) is 9.23 Å². The zero-order valence-electron chi connectivity index (χ0n) is 10.9. The fourth-order valence-electron chi connectivity index (χ4n) is 3.19. The van der Waals surface area contributed by atoms with E-state index in [1.165, 1.54) is 12.8 Å². The second-order valence-corrected chi connectivity index (χ2v) is 6.08. The van der Waals surface area contributed by atoms with Crippen LogP contribution in [0, 0.1) is 17.3 Å². The second kappa shape index (κ2) is 4.37. The molecule has 0 spiro atoms. The van der Waals surface area contributed by atoms with Crippen LogP contribution < -0.4 is 0 Å². The highest BCUT2D eigenvalue weighted by Crippen LogP contribution is 2.59. The summed E-state index contributed by atoms with van der Waals surface area (Å²) in [6.45, 7) is 12.3. The van der Waals surface area contributed by atoms with Crippen LogP contribution >= 0.6 is 0 Å². The summed E-state index contributed by atoms with van der Waals surface area (Å²) >= 11 is 0. The molecular formula is C15H24O. The number of hydrogen-bond acceptors (Lipinski definition) is 1. The molecule has 90 valence electrons. The average Bonchev–Trinajstić information content (AvgIpc) is 2.24. The number of hydrogen-bond donors (Lipinski definition) is 0. The van der Waals surface area contributed by atoms with Crippen molar-refractivity contribution in [3.8, 4) is 0 Å². The highest BCUT2D eigenvalue weighted by molar-refractivity contribution is 5.23. The van der Waals surface area contributed by atoms with Gasteiger partial charge in [0.15, 0.2) is 0 Å². The predicted molar refractivity (Wildman–Crippen MR) is 68.3 cm³/mol. The van der Waals surface area contributed by atoms with Crippen LogP contribution in [0.25, 0.3) is 0 Å². The average molecular weight is 220 g/mol. The SMILES string of the molecule is C=C(C)COCCC1=CC[C@H]2C[C@@H]1C2(C)C. The summed E-state index contributed by atoms with van der Waals surface area (Å²) in [6, 6.07) is 0. The van der Waals surface area contributed by atoms with Crippen LogP contribution in [0.1, 0.15) is 40.0 Å². The molecule has 0 unspecified atom stereocenters. The first-order chi connectivity index (χ1) is 7.51. The molecule has 16 heavy (non-hydrogen) atoms. The van der Waals surface area contributed by atoms with E-state index in [2.05, 4.69) is 26.5 Å². The molecule has 0 heterocycles. The van der Waals surface area contributed by atoms with E-state index in [1.54, 1.807) is 5.57 Å². The van der Waals surface area contributed by atoms with Crippen LogP contribution in [-0.4, -0.2) is 13.2 Å². The lowest BCUT2D eigenvalue weighted by molar-refractivity contribution is -0.0106. The molecule has 1 nitrogen and oxygen atoms in total. The Balaban J connectivity index is 1.78. The summed E-state index contributed by atoms with van der Waals surface area (Å²) in [7, 11) is 0. The minimum absolute atomic E-state index is 0.554. The fourth-order valence-corrected chi connectivity index (χ4v) is 3.19. The van der Waals surface area contributed by atoms with Gasteiger partial charge in [-0.25, -0.2) is 0 Å². The molecule has 0 saturated heterocycles. The molecule has 1 saturated carbocycles. The maximum atomic E-state index is 5.59. The number of rotatable bonds is 5. The van der Waals surface area contributed by atoms with Gasteiger partial charge in [0.2, 0.25) is 0 Å². The number of allylic oxidation sites excluding steroid dienone is 1. The van der Waals surface area contributed by atoms with Gasteiger partial charge in [-0.05, 0) is 43.4 Å². The first-order valence-corrected chi connectivity index (χ1v) is 6.43. The summed E-state index contributed by atoms with van der Waals surface area (Å²) in [5.41, 5.74) is 3.31. The van der Waals surface area contributed by atoms with Crippen molar-refractivity contribution in [2.24, 2.45) is 17.3 Å². The summed E-state index contributed by atoms with van der Waals surface area (Å²) < 4.78 is 5.59. The maximum Gasteiger partial charge on any atom is 0.0671 e. The maximum absolute atomic E-state index is 5.59. The zero-order valence-corrected chi connectivity index (χ0v) is 10.9. The highest BCUT2D eigenvalue weighted by Gasteiger charge is 2.50. The third-order valence-electron chi connectivity index (χ3n) is 4.47. The first-order valence-electron chi connectivity index (χ1n) is 6.43. The van der Waals surface area contributed by atoms with Gasteiger partial charge in [-0.3, -0.25) is 0 Å². The van der Waals surface area contributed by atoms with Crippen molar-refractivity contribution in [1.82, 2.24) is 0 Å². The monoisotopic (exact) mass is 220 g/mol. The molecule has 3 aliphatic carbocycles. The Morgan fingerprint density at radius 3 is 2.88 bits per heavy atom. The van der Waals surface area contributed by atoms with Crippen LogP contribution in [0.15, 0.2) is 23.8 Å². The molecule has 0 aromatic carbocycles. The van der Waals surface area contributed by atoms with E-state index in [0.717, 1.165) is 30.4 Å². The molecule has 0 N–H and O–H groups in total. The molecule has 0 aromatic rings. The van der Waals surface area contributed by atoms with Gasteiger partial charge in [0.1, 0.15) is 0 Å². The Hall–Kier alpha value is -0.560. The van der Waals surface area contributed by atoms with Crippen molar-refractivity contribution in [2.75, 3.05) is 13.2 Å². The summed E-state index contributed by atoms with van der Waals surface area (Å²) in [4.78, 5) is 0. The molecule has 2 atom stereocenters. The van der Waals surface area contributed by atoms with Crippen molar-refractivity contribution in [3.63, 3.8) is 0 Å². The third-order valence-corrected chi connectivity index (χ3v) is 4.47. The molecule has 0 aromatic heterocycles. The fraction of sp³-hybridized carbons (Fsp3) is 0.733. The van der Waals surface area contributed by atoms with Crippen molar-refractivity contribution in [1.29, 1.82) is 0 Å². The van der Waals surface area contributed by atoms with Gasteiger partial charge in [0.05, 0.1) is 13.2 Å². The van der Waals surface area contributed by atoms with Crippen molar-refractivity contribution in [2.45, 2.75) is 40.0 Å². The van der Waals surface area contributed by atoms with Gasteiger partial charge in [-0.15, -0.1) is 0 Å². The first kappa shape index (κ1) is 11.9. The van der Waals surface area contributed by atoms with Gasteiger partial charge >= 0.3 is 0 Å². The van der Waals surface area contributed by atoms with Crippen LogP contribution in [0.5, 0.6) is 0 Å².